The van der Waals surface area contributed by atoms with E-state index in [1.54, 1.807) is 11.3 Å². The average Bonchev–Trinajstić information content (AvgIpc) is 2.43. The Kier molecular flexibility index (Phi) is 3.14. The van der Waals surface area contributed by atoms with Gasteiger partial charge in [0.05, 0.1) is 4.34 Å². The predicted octanol–water partition coefficient (Wildman–Crippen LogP) is 3.26. The summed E-state index contributed by atoms with van der Waals surface area (Å²) in [6, 6.07) is 4.62. The van der Waals surface area contributed by atoms with Gasteiger partial charge in [-0.15, -0.1) is 22.9 Å². The number of thiophene rings is 1. The van der Waals surface area contributed by atoms with Gasteiger partial charge in [0, 0.05) is 22.8 Å². The molecule has 1 N–H and O–H groups in total. The lowest BCUT2D eigenvalue weighted by molar-refractivity contribution is 0.346. The van der Waals surface area contributed by atoms with Gasteiger partial charge in [0.15, 0.2) is 0 Å². The van der Waals surface area contributed by atoms with Crippen LogP contribution < -0.4 is 5.32 Å². The van der Waals surface area contributed by atoms with Gasteiger partial charge < -0.3 is 5.32 Å². The Morgan fingerprint density at radius 3 is 2.77 bits per heavy atom. The zero-order valence-corrected chi connectivity index (χ0v) is 9.42. The Bertz CT molecular complexity index is 281. The SMILES string of the molecule is Clc1ccc(CNC2CC(Cl)C2)s1. The van der Waals surface area contributed by atoms with E-state index in [4.69, 9.17) is 23.2 Å². The Labute approximate surface area is 92.0 Å². The molecule has 2 rings (SSSR count). The van der Waals surface area contributed by atoms with Gasteiger partial charge in [-0.3, -0.25) is 0 Å². The largest absolute Gasteiger partial charge is 0.309 e. The Morgan fingerprint density at radius 1 is 1.46 bits per heavy atom. The van der Waals surface area contributed by atoms with E-state index in [-0.39, 0.29) is 0 Å². The molecule has 0 aromatic carbocycles. The lowest BCUT2D eigenvalue weighted by Gasteiger charge is -2.31. The van der Waals surface area contributed by atoms with Crippen molar-refractivity contribution in [2.45, 2.75) is 30.8 Å². The maximum Gasteiger partial charge on any atom is 0.0931 e. The highest BCUT2D eigenvalue weighted by Gasteiger charge is 2.26. The van der Waals surface area contributed by atoms with Crippen molar-refractivity contribution in [3.05, 3.63) is 21.3 Å². The van der Waals surface area contributed by atoms with E-state index in [0.717, 1.165) is 23.7 Å². The molecule has 0 bridgehead atoms. The molecule has 1 aromatic rings. The Hall–Kier alpha value is 0.240. The van der Waals surface area contributed by atoms with Gasteiger partial charge in [0.2, 0.25) is 0 Å². The second-order valence-corrected chi connectivity index (χ2v) is 5.77. The Balaban J connectivity index is 1.74. The van der Waals surface area contributed by atoms with Crippen molar-refractivity contribution < 1.29 is 0 Å². The van der Waals surface area contributed by atoms with E-state index in [2.05, 4.69) is 11.4 Å². The molecule has 0 unspecified atom stereocenters. The van der Waals surface area contributed by atoms with Crippen molar-refractivity contribution in [1.29, 1.82) is 0 Å². The zero-order chi connectivity index (χ0) is 9.26. The van der Waals surface area contributed by atoms with Gasteiger partial charge in [-0.2, -0.15) is 0 Å². The molecule has 0 atom stereocenters. The van der Waals surface area contributed by atoms with E-state index in [9.17, 15) is 0 Å². The van der Waals surface area contributed by atoms with Crippen LogP contribution in [0.15, 0.2) is 12.1 Å². The maximum atomic E-state index is 5.87. The highest BCUT2D eigenvalue weighted by atomic mass is 35.5. The van der Waals surface area contributed by atoms with Crippen LogP contribution in [0, 0.1) is 0 Å². The molecular weight excluding hydrogens is 225 g/mol. The fourth-order valence-electron chi connectivity index (χ4n) is 1.41. The summed E-state index contributed by atoms with van der Waals surface area (Å²) in [7, 11) is 0. The van der Waals surface area contributed by atoms with Crippen LogP contribution in [0.1, 0.15) is 17.7 Å². The molecule has 0 spiro atoms. The van der Waals surface area contributed by atoms with Crippen LogP contribution in [-0.2, 0) is 6.54 Å². The lowest BCUT2D eigenvalue weighted by atomic mass is 9.92. The second kappa shape index (κ2) is 4.18. The summed E-state index contributed by atoms with van der Waals surface area (Å²) in [5.74, 6) is 0. The molecule has 1 aromatic heterocycles. The molecule has 1 aliphatic rings. The summed E-state index contributed by atoms with van der Waals surface area (Å²) in [6.07, 6.45) is 2.20. The Morgan fingerprint density at radius 2 is 2.23 bits per heavy atom. The average molecular weight is 236 g/mol. The number of hydrogen-bond acceptors (Lipinski definition) is 2. The summed E-state index contributed by atoms with van der Waals surface area (Å²) in [5, 5.41) is 3.84. The molecular formula is C9H11Cl2NS. The quantitative estimate of drug-likeness (QED) is 0.794. The summed E-state index contributed by atoms with van der Waals surface area (Å²) >= 11 is 13.3. The molecule has 1 nitrogen and oxygen atoms in total. The van der Waals surface area contributed by atoms with Gasteiger partial charge in [-0.05, 0) is 25.0 Å². The van der Waals surface area contributed by atoms with E-state index in [1.165, 1.54) is 4.88 Å². The van der Waals surface area contributed by atoms with Crippen LogP contribution in [0.5, 0.6) is 0 Å². The molecule has 0 amide bonds. The summed E-state index contributed by atoms with van der Waals surface area (Å²) in [5.41, 5.74) is 0. The minimum Gasteiger partial charge on any atom is -0.309 e. The second-order valence-electron chi connectivity index (χ2n) is 3.35. The monoisotopic (exact) mass is 235 g/mol. The lowest BCUT2D eigenvalue weighted by Crippen LogP contribution is -2.41. The summed E-state index contributed by atoms with van der Waals surface area (Å²) in [6.45, 7) is 0.922. The number of rotatable bonds is 3. The van der Waals surface area contributed by atoms with Gasteiger partial charge in [0.25, 0.3) is 0 Å². The summed E-state index contributed by atoms with van der Waals surface area (Å²) in [4.78, 5) is 1.29. The van der Waals surface area contributed by atoms with Crippen LogP contribution in [0.4, 0.5) is 0 Å². The van der Waals surface area contributed by atoms with Gasteiger partial charge >= 0.3 is 0 Å². The molecule has 0 saturated heterocycles. The first-order valence-electron chi connectivity index (χ1n) is 4.35. The molecule has 1 heterocycles. The fraction of sp³-hybridized carbons (Fsp3) is 0.556. The van der Waals surface area contributed by atoms with Crippen molar-refractivity contribution in [2.75, 3.05) is 0 Å². The van der Waals surface area contributed by atoms with Crippen molar-refractivity contribution in [3.63, 3.8) is 0 Å². The minimum absolute atomic E-state index is 0.393. The maximum absolute atomic E-state index is 5.87. The molecule has 4 heteroatoms. The van der Waals surface area contributed by atoms with E-state index >= 15 is 0 Å². The van der Waals surface area contributed by atoms with E-state index in [1.807, 2.05) is 6.07 Å². The van der Waals surface area contributed by atoms with Crippen LogP contribution in [-0.4, -0.2) is 11.4 Å². The first-order valence-corrected chi connectivity index (χ1v) is 5.99. The standard InChI is InChI=1S/C9H11Cl2NS/c10-6-3-7(4-6)12-5-8-1-2-9(11)13-8/h1-2,6-7,12H,3-5H2. The highest BCUT2D eigenvalue weighted by Crippen LogP contribution is 2.26. The number of alkyl halides is 1. The predicted molar refractivity (Wildman–Crippen MR) is 58.8 cm³/mol. The summed E-state index contributed by atoms with van der Waals surface area (Å²) < 4.78 is 0.862. The molecule has 1 fully saturated rings. The third-order valence-electron chi connectivity index (χ3n) is 2.27. The smallest absolute Gasteiger partial charge is 0.0931 e. The van der Waals surface area contributed by atoms with Crippen molar-refractivity contribution >= 4 is 34.5 Å². The van der Waals surface area contributed by atoms with Crippen molar-refractivity contribution in [1.82, 2.24) is 5.32 Å². The number of halogens is 2. The molecule has 0 aliphatic heterocycles. The van der Waals surface area contributed by atoms with Crippen LogP contribution in [0.25, 0.3) is 0 Å². The molecule has 1 saturated carbocycles. The third kappa shape index (κ3) is 2.59. The van der Waals surface area contributed by atoms with Gasteiger partial charge in [-0.1, -0.05) is 11.6 Å². The topological polar surface area (TPSA) is 12.0 Å². The van der Waals surface area contributed by atoms with Gasteiger partial charge in [-0.25, -0.2) is 0 Å². The van der Waals surface area contributed by atoms with Crippen LogP contribution in [0.3, 0.4) is 0 Å². The van der Waals surface area contributed by atoms with Crippen molar-refractivity contribution in [3.8, 4) is 0 Å². The van der Waals surface area contributed by atoms with Crippen LogP contribution in [0.2, 0.25) is 4.34 Å². The van der Waals surface area contributed by atoms with E-state index < -0.39 is 0 Å². The first kappa shape index (κ1) is 9.78. The minimum atomic E-state index is 0.393. The molecule has 1 aliphatic carbocycles. The molecule has 0 radical (unpaired) electrons. The number of hydrogen-bond donors (Lipinski definition) is 1. The van der Waals surface area contributed by atoms with Crippen molar-refractivity contribution in [2.24, 2.45) is 0 Å². The molecule has 13 heavy (non-hydrogen) atoms. The molecule has 72 valence electrons. The third-order valence-corrected chi connectivity index (χ3v) is 3.86. The normalized spacial score (nSPS) is 27.2. The first-order chi connectivity index (χ1) is 6.24. The van der Waals surface area contributed by atoms with Gasteiger partial charge in [0.1, 0.15) is 0 Å². The fourth-order valence-corrected chi connectivity index (χ4v) is 2.88. The van der Waals surface area contributed by atoms with E-state index in [0.29, 0.717) is 11.4 Å². The zero-order valence-electron chi connectivity index (χ0n) is 7.09. The number of nitrogens with one attached hydrogen (secondary N) is 1. The van der Waals surface area contributed by atoms with Crippen LogP contribution >= 0.6 is 34.5 Å². The highest BCUT2D eigenvalue weighted by molar-refractivity contribution is 7.16.